The van der Waals surface area contributed by atoms with Crippen LogP contribution in [0.15, 0.2) is 43.1 Å². The maximum Gasteiger partial charge on any atom is 0.177 e. The lowest BCUT2D eigenvalue weighted by Crippen LogP contribution is -2.66. The van der Waals surface area contributed by atoms with Crippen LogP contribution in [0.1, 0.15) is 16.8 Å². The SMILES string of the molecule is BC1(B)Cc2ncc(Nc3ccncc3F)cc2C(B)(B)N1c1nn2cnnc2cc1C. The number of anilines is 3. The molecule has 0 unspecified atom stereocenters. The molecule has 1 aliphatic rings. The minimum Gasteiger partial charge on any atom is -0.371 e. The second kappa shape index (κ2) is 7.08. The van der Waals surface area contributed by atoms with Gasteiger partial charge in [0.25, 0.3) is 0 Å². The molecule has 0 bridgehead atoms. The molecule has 4 aromatic heterocycles. The van der Waals surface area contributed by atoms with E-state index in [4.69, 9.17) is 10.1 Å². The van der Waals surface area contributed by atoms with Crippen LogP contribution in [-0.4, -0.2) is 66.5 Å². The minimum absolute atomic E-state index is 0.241. The summed E-state index contributed by atoms with van der Waals surface area (Å²) in [6, 6.07) is 5.66. The Morgan fingerprint density at radius 2 is 1.97 bits per heavy atom. The van der Waals surface area contributed by atoms with Crippen molar-refractivity contribution in [2.24, 2.45) is 0 Å². The molecule has 156 valence electrons. The molecule has 4 aromatic rings. The Balaban J connectivity index is 1.61. The number of aryl methyl sites for hydroxylation is 1. The smallest absolute Gasteiger partial charge is 0.177 e. The molecule has 5 rings (SSSR count). The number of nitrogens with zero attached hydrogens (tertiary/aromatic N) is 7. The third-order valence-electron chi connectivity index (χ3n) is 6.11. The van der Waals surface area contributed by atoms with Gasteiger partial charge in [0.05, 0.1) is 23.8 Å². The fourth-order valence-corrected chi connectivity index (χ4v) is 4.85. The van der Waals surface area contributed by atoms with Crippen LogP contribution >= 0.6 is 0 Å². The van der Waals surface area contributed by atoms with Gasteiger partial charge < -0.3 is 10.2 Å². The largest absolute Gasteiger partial charge is 0.371 e. The Kier molecular flexibility index (Phi) is 4.54. The first-order valence-corrected chi connectivity index (χ1v) is 10.5. The Bertz CT molecular complexity index is 1340. The molecule has 0 aromatic carbocycles. The molecule has 1 N–H and O–H groups in total. The van der Waals surface area contributed by atoms with Gasteiger partial charge in [-0.25, -0.2) is 4.39 Å². The van der Waals surface area contributed by atoms with Gasteiger partial charge in [-0.05, 0) is 48.0 Å². The monoisotopic (exact) mass is 424 g/mol. The first kappa shape index (κ1) is 20.5. The van der Waals surface area contributed by atoms with Crippen LogP contribution in [0.3, 0.4) is 0 Å². The van der Waals surface area contributed by atoms with Crippen molar-refractivity contribution in [3.05, 3.63) is 65.8 Å². The number of hydrogen-bond acceptors (Lipinski definition) is 7. The molecule has 1 aliphatic heterocycles. The molecule has 0 saturated heterocycles. The number of rotatable bonds is 3. The molecular formula is C19H21B4FN8. The third kappa shape index (κ3) is 3.23. The maximum atomic E-state index is 14.1. The van der Waals surface area contributed by atoms with E-state index in [0.29, 0.717) is 11.3 Å². The lowest BCUT2D eigenvalue weighted by atomic mass is 9.46. The number of aromatic nitrogens is 6. The molecule has 0 amide bonds. The molecular weight excluding hydrogens is 403 g/mol. The van der Waals surface area contributed by atoms with Gasteiger partial charge in [-0.15, -0.1) is 15.3 Å². The van der Waals surface area contributed by atoms with Crippen molar-refractivity contribution in [1.29, 1.82) is 0 Å². The van der Waals surface area contributed by atoms with E-state index in [9.17, 15) is 4.39 Å². The summed E-state index contributed by atoms with van der Waals surface area (Å²) in [5.74, 6) is 0.464. The second-order valence-corrected chi connectivity index (χ2v) is 9.37. The molecule has 0 aliphatic carbocycles. The van der Waals surface area contributed by atoms with Gasteiger partial charge in [0.15, 0.2) is 17.3 Å². The van der Waals surface area contributed by atoms with Crippen LogP contribution in [0.25, 0.3) is 5.65 Å². The van der Waals surface area contributed by atoms with Crippen molar-refractivity contribution in [3.63, 3.8) is 0 Å². The highest BCUT2D eigenvalue weighted by atomic mass is 19.1. The Hall–Kier alpha value is -3.36. The van der Waals surface area contributed by atoms with Crippen molar-refractivity contribution < 1.29 is 4.39 Å². The standard InChI is InChI=1S/C19H21B4FN8/c1-10-4-16-29-27-9-31(16)30-17(10)32-18(20,21)6-15-12(19(32,22)23)5-11(7-26-15)28-14-2-3-25-8-13(14)24/h2-5,7-9H,6,20-23H2,1H3,(H,25,28). The normalized spacial score (nSPS) is 16.6. The maximum absolute atomic E-state index is 14.1. The Labute approximate surface area is 188 Å². The van der Waals surface area contributed by atoms with Crippen molar-refractivity contribution in [2.75, 3.05) is 10.2 Å². The highest BCUT2D eigenvalue weighted by molar-refractivity contribution is 6.48. The van der Waals surface area contributed by atoms with E-state index in [-0.39, 0.29) is 5.34 Å². The quantitative estimate of drug-likeness (QED) is 0.400. The van der Waals surface area contributed by atoms with E-state index in [1.807, 2.05) is 13.0 Å². The van der Waals surface area contributed by atoms with Gasteiger partial charge in [0.1, 0.15) is 37.7 Å². The van der Waals surface area contributed by atoms with Gasteiger partial charge in [-0.1, -0.05) is 0 Å². The summed E-state index contributed by atoms with van der Waals surface area (Å²) in [5, 5.41) is 15.4. The van der Waals surface area contributed by atoms with E-state index in [2.05, 4.69) is 62.8 Å². The zero-order valence-corrected chi connectivity index (χ0v) is 18.8. The summed E-state index contributed by atoms with van der Waals surface area (Å²) in [4.78, 5) is 10.9. The van der Waals surface area contributed by atoms with E-state index < -0.39 is 11.2 Å². The van der Waals surface area contributed by atoms with E-state index in [1.165, 1.54) is 6.20 Å². The summed E-state index contributed by atoms with van der Waals surface area (Å²) < 4.78 is 15.8. The van der Waals surface area contributed by atoms with E-state index >= 15 is 0 Å². The van der Waals surface area contributed by atoms with Crippen molar-refractivity contribution >= 4 is 54.2 Å². The number of fused-ring (bicyclic) bond motifs is 2. The highest BCUT2D eigenvalue weighted by Gasteiger charge is 2.46. The predicted molar refractivity (Wildman–Crippen MR) is 132 cm³/mol. The molecule has 32 heavy (non-hydrogen) atoms. The molecule has 5 heterocycles. The topological polar surface area (TPSA) is 84.1 Å². The van der Waals surface area contributed by atoms with Gasteiger partial charge in [-0.3, -0.25) is 9.97 Å². The molecule has 0 spiro atoms. The van der Waals surface area contributed by atoms with Gasteiger partial charge >= 0.3 is 0 Å². The van der Waals surface area contributed by atoms with Crippen LogP contribution in [0.4, 0.5) is 21.6 Å². The van der Waals surface area contributed by atoms with Crippen LogP contribution in [-0.2, 0) is 11.8 Å². The van der Waals surface area contributed by atoms with Crippen LogP contribution in [0, 0.1) is 12.7 Å². The number of hydrogen-bond donors (Lipinski definition) is 1. The Morgan fingerprint density at radius 3 is 2.75 bits per heavy atom. The first-order valence-electron chi connectivity index (χ1n) is 10.5. The van der Waals surface area contributed by atoms with Crippen LogP contribution in [0.2, 0.25) is 0 Å². The fraction of sp³-hybridized carbons (Fsp3) is 0.211. The lowest BCUT2D eigenvalue weighted by molar-refractivity contribution is 0.557. The lowest BCUT2D eigenvalue weighted by Gasteiger charge is -2.55. The van der Waals surface area contributed by atoms with Gasteiger partial charge in [0, 0.05) is 17.2 Å². The molecule has 0 atom stereocenters. The predicted octanol–water partition coefficient (Wildman–Crippen LogP) is -1.54. The van der Waals surface area contributed by atoms with Crippen molar-refractivity contribution in [1.82, 2.24) is 29.8 Å². The molecule has 0 fully saturated rings. The molecule has 0 saturated carbocycles. The zero-order valence-electron chi connectivity index (χ0n) is 18.8. The average Bonchev–Trinajstić information content (AvgIpc) is 3.17. The number of halogens is 1. The average molecular weight is 424 g/mol. The van der Waals surface area contributed by atoms with Crippen LogP contribution in [0.5, 0.6) is 0 Å². The first-order chi connectivity index (χ1) is 15.2. The summed E-state index contributed by atoms with van der Waals surface area (Å²) in [6.07, 6.45) is 6.87. The number of pyridine rings is 2. The van der Waals surface area contributed by atoms with E-state index in [0.717, 1.165) is 34.7 Å². The third-order valence-corrected chi connectivity index (χ3v) is 6.11. The Morgan fingerprint density at radius 1 is 1.16 bits per heavy atom. The summed E-state index contributed by atoms with van der Waals surface area (Å²) in [7, 11) is 8.75. The molecule has 13 heteroatoms. The summed E-state index contributed by atoms with van der Waals surface area (Å²) >= 11 is 0. The molecule has 0 radical (unpaired) electrons. The summed E-state index contributed by atoms with van der Waals surface area (Å²) in [6.45, 7) is 2.04. The second-order valence-electron chi connectivity index (χ2n) is 9.37. The van der Waals surface area contributed by atoms with Crippen LogP contribution < -0.4 is 10.2 Å². The number of nitrogens with one attached hydrogen (secondary N) is 1. The minimum atomic E-state index is -0.433. The van der Waals surface area contributed by atoms with Gasteiger partial charge in [0.2, 0.25) is 0 Å². The van der Waals surface area contributed by atoms with Gasteiger partial charge in [-0.2, -0.15) is 4.52 Å². The van der Waals surface area contributed by atoms with E-state index in [1.54, 1.807) is 29.3 Å². The summed E-state index contributed by atoms with van der Waals surface area (Å²) in [5.41, 5.74) is 4.92. The molecule has 8 nitrogen and oxygen atoms in total. The highest BCUT2D eigenvalue weighted by Crippen LogP contribution is 2.41. The fourth-order valence-electron chi connectivity index (χ4n) is 4.85. The van der Waals surface area contributed by atoms with Crippen molar-refractivity contribution in [3.8, 4) is 0 Å². The zero-order chi connectivity index (χ0) is 22.7. The van der Waals surface area contributed by atoms with Crippen molar-refractivity contribution in [2.45, 2.75) is 24.0 Å².